The first kappa shape index (κ1) is 11.4. The van der Waals surface area contributed by atoms with E-state index in [9.17, 15) is 5.11 Å². The van der Waals surface area contributed by atoms with Crippen LogP contribution in [0.15, 0.2) is 23.8 Å². The zero-order chi connectivity index (χ0) is 9.56. The molecule has 1 heteroatoms. The Morgan fingerprint density at radius 3 is 2.50 bits per heavy atom. The first-order chi connectivity index (χ1) is 5.57. The van der Waals surface area contributed by atoms with Crippen LogP contribution in [0.5, 0.6) is 0 Å². The fraction of sp³-hybridized carbons (Fsp3) is 0.636. The van der Waals surface area contributed by atoms with Crippen LogP contribution in [0.3, 0.4) is 0 Å². The minimum Gasteiger partial charge on any atom is -0.389 e. The van der Waals surface area contributed by atoms with Gasteiger partial charge in [0.1, 0.15) is 0 Å². The smallest absolute Gasteiger partial charge is 0.0721 e. The van der Waals surface area contributed by atoms with Crippen LogP contribution < -0.4 is 0 Å². The summed E-state index contributed by atoms with van der Waals surface area (Å²) in [4.78, 5) is 0. The average molecular weight is 168 g/mol. The summed E-state index contributed by atoms with van der Waals surface area (Å²) in [6.45, 7) is 9.74. The molecule has 0 saturated heterocycles. The fourth-order valence-electron chi connectivity index (χ4n) is 1.11. The molecule has 12 heavy (non-hydrogen) atoms. The third-order valence-corrected chi connectivity index (χ3v) is 1.92. The maximum absolute atomic E-state index is 9.29. The minimum absolute atomic E-state index is 0.292. The fourth-order valence-corrected chi connectivity index (χ4v) is 1.11. The second-order valence-corrected chi connectivity index (χ2v) is 3.30. The third-order valence-electron chi connectivity index (χ3n) is 1.92. The van der Waals surface area contributed by atoms with E-state index in [1.807, 2.05) is 13.8 Å². The van der Waals surface area contributed by atoms with Gasteiger partial charge in [-0.05, 0) is 38.7 Å². The van der Waals surface area contributed by atoms with Gasteiger partial charge in [-0.2, -0.15) is 0 Å². The van der Waals surface area contributed by atoms with E-state index in [4.69, 9.17) is 0 Å². The molecule has 0 bridgehead atoms. The third kappa shape index (κ3) is 5.14. The molecule has 0 aromatic carbocycles. The molecule has 0 spiro atoms. The van der Waals surface area contributed by atoms with Crippen molar-refractivity contribution < 1.29 is 5.11 Å². The number of aliphatic hydroxyl groups excluding tert-OH is 1. The van der Waals surface area contributed by atoms with Gasteiger partial charge in [-0.15, -0.1) is 6.58 Å². The van der Waals surface area contributed by atoms with Gasteiger partial charge in [-0.1, -0.05) is 18.6 Å². The summed E-state index contributed by atoms with van der Waals surface area (Å²) in [6.07, 6.45) is 4.80. The summed E-state index contributed by atoms with van der Waals surface area (Å²) in [5.41, 5.74) is 2.34. The van der Waals surface area contributed by atoms with E-state index in [1.165, 1.54) is 5.57 Å². The second kappa shape index (κ2) is 6.01. The van der Waals surface area contributed by atoms with Gasteiger partial charge in [0, 0.05) is 0 Å². The van der Waals surface area contributed by atoms with Gasteiger partial charge < -0.3 is 5.11 Å². The minimum atomic E-state index is -0.292. The maximum atomic E-state index is 9.29. The van der Waals surface area contributed by atoms with Gasteiger partial charge in [-0.25, -0.2) is 0 Å². The lowest BCUT2D eigenvalue weighted by Crippen LogP contribution is -2.03. The second-order valence-electron chi connectivity index (χ2n) is 3.30. The van der Waals surface area contributed by atoms with Crippen LogP contribution in [0.25, 0.3) is 0 Å². The predicted octanol–water partition coefficient (Wildman–Crippen LogP) is 3.06. The highest BCUT2D eigenvalue weighted by atomic mass is 16.3. The standard InChI is InChI=1S/C11H20O/c1-5-11(10(4)12)8-6-7-9(2)3/h8,10,12H,2,5-7H2,1,3-4H3/b11-8+. The van der Waals surface area contributed by atoms with Crippen LogP contribution >= 0.6 is 0 Å². The van der Waals surface area contributed by atoms with Crippen LogP contribution in [-0.4, -0.2) is 11.2 Å². The van der Waals surface area contributed by atoms with Gasteiger partial charge in [0.2, 0.25) is 0 Å². The molecule has 1 N–H and O–H groups in total. The van der Waals surface area contributed by atoms with Crippen molar-refractivity contribution in [1.82, 2.24) is 0 Å². The molecule has 1 atom stereocenters. The molecule has 0 aliphatic heterocycles. The van der Waals surface area contributed by atoms with Crippen LogP contribution in [0.1, 0.15) is 40.0 Å². The summed E-state index contributed by atoms with van der Waals surface area (Å²) in [5.74, 6) is 0. The molecule has 0 amide bonds. The topological polar surface area (TPSA) is 20.2 Å². The first-order valence-corrected chi connectivity index (χ1v) is 4.59. The Bertz CT molecular complexity index is 166. The van der Waals surface area contributed by atoms with E-state index in [1.54, 1.807) is 0 Å². The summed E-state index contributed by atoms with van der Waals surface area (Å²) < 4.78 is 0. The highest BCUT2D eigenvalue weighted by Gasteiger charge is 2.00. The summed E-state index contributed by atoms with van der Waals surface area (Å²) in [5, 5.41) is 9.29. The van der Waals surface area contributed by atoms with E-state index >= 15 is 0 Å². The van der Waals surface area contributed by atoms with E-state index < -0.39 is 0 Å². The molecule has 70 valence electrons. The van der Waals surface area contributed by atoms with E-state index in [0.29, 0.717) is 0 Å². The summed E-state index contributed by atoms with van der Waals surface area (Å²) in [6, 6.07) is 0. The Hall–Kier alpha value is -0.560. The zero-order valence-corrected chi connectivity index (χ0v) is 8.43. The summed E-state index contributed by atoms with van der Waals surface area (Å²) >= 11 is 0. The molecule has 1 nitrogen and oxygen atoms in total. The van der Waals surface area contributed by atoms with Crippen molar-refractivity contribution in [1.29, 1.82) is 0 Å². The molecule has 1 unspecified atom stereocenters. The number of rotatable bonds is 5. The van der Waals surface area contributed by atoms with Crippen LogP contribution in [0, 0.1) is 0 Å². The van der Waals surface area contributed by atoms with E-state index in [0.717, 1.165) is 24.8 Å². The molecular formula is C11H20O. The Kier molecular flexibility index (Phi) is 5.73. The van der Waals surface area contributed by atoms with Crippen molar-refractivity contribution >= 4 is 0 Å². The number of hydrogen-bond acceptors (Lipinski definition) is 1. The number of hydrogen-bond donors (Lipinski definition) is 1. The molecular weight excluding hydrogens is 148 g/mol. The average Bonchev–Trinajstić information content (AvgIpc) is 1.96. The lowest BCUT2D eigenvalue weighted by molar-refractivity contribution is 0.227. The first-order valence-electron chi connectivity index (χ1n) is 4.59. The van der Waals surface area contributed by atoms with Crippen LogP contribution in [0.4, 0.5) is 0 Å². The lowest BCUT2D eigenvalue weighted by Gasteiger charge is -2.07. The lowest BCUT2D eigenvalue weighted by atomic mass is 10.1. The molecule has 0 saturated carbocycles. The van der Waals surface area contributed by atoms with Gasteiger partial charge in [-0.3, -0.25) is 0 Å². The van der Waals surface area contributed by atoms with Crippen molar-refractivity contribution in [3.8, 4) is 0 Å². The van der Waals surface area contributed by atoms with Crippen molar-refractivity contribution in [2.45, 2.75) is 46.1 Å². The highest BCUT2D eigenvalue weighted by molar-refractivity contribution is 5.07. The van der Waals surface area contributed by atoms with Gasteiger partial charge in [0.05, 0.1) is 6.10 Å². The Morgan fingerprint density at radius 1 is 1.58 bits per heavy atom. The molecule has 0 fully saturated rings. The quantitative estimate of drug-likeness (QED) is 0.625. The van der Waals surface area contributed by atoms with Crippen LogP contribution in [-0.2, 0) is 0 Å². The van der Waals surface area contributed by atoms with Crippen molar-refractivity contribution in [3.05, 3.63) is 23.8 Å². The Balaban J connectivity index is 3.86. The Labute approximate surface area is 75.8 Å². The number of allylic oxidation sites excluding steroid dienone is 2. The van der Waals surface area contributed by atoms with Crippen molar-refractivity contribution in [2.75, 3.05) is 0 Å². The maximum Gasteiger partial charge on any atom is 0.0721 e. The molecule has 0 aliphatic carbocycles. The highest BCUT2D eigenvalue weighted by Crippen LogP contribution is 2.10. The molecule has 0 radical (unpaired) electrons. The van der Waals surface area contributed by atoms with Gasteiger partial charge in [0.25, 0.3) is 0 Å². The molecule has 0 heterocycles. The van der Waals surface area contributed by atoms with E-state index in [2.05, 4.69) is 19.6 Å². The number of aliphatic hydroxyl groups is 1. The Morgan fingerprint density at radius 2 is 2.17 bits per heavy atom. The monoisotopic (exact) mass is 168 g/mol. The van der Waals surface area contributed by atoms with Crippen molar-refractivity contribution in [2.24, 2.45) is 0 Å². The predicted molar refractivity (Wildman–Crippen MR) is 54.1 cm³/mol. The van der Waals surface area contributed by atoms with Gasteiger partial charge >= 0.3 is 0 Å². The van der Waals surface area contributed by atoms with Gasteiger partial charge in [0.15, 0.2) is 0 Å². The molecule has 0 aromatic rings. The molecule has 0 aromatic heterocycles. The molecule has 0 rings (SSSR count). The molecule has 0 aliphatic rings. The van der Waals surface area contributed by atoms with E-state index in [-0.39, 0.29) is 6.10 Å². The normalized spacial score (nSPS) is 14.5. The van der Waals surface area contributed by atoms with Crippen LogP contribution in [0.2, 0.25) is 0 Å². The zero-order valence-electron chi connectivity index (χ0n) is 8.43. The summed E-state index contributed by atoms with van der Waals surface area (Å²) in [7, 11) is 0. The largest absolute Gasteiger partial charge is 0.389 e. The SMILES string of the molecule is C=C(C)CC/C=C(\CC)C(C)O. The van der Waals surface area contributed by atoms with Crippen molar-refractivity contribution in [3.63, 3.8) is 0 Å².